The number of hydrogen-bond donors (Lipinski definition) is 1. The minimum atomic E-state index is -0.333. The van der Waals surface area contributed by atoms with Crippen LogP contribution in [0.4, 0.5) is 10.1 Å². The molecule has 2 atom stereocenters. The fourth-order valence-electron chi connectivity index (χ4n) is 2.60. The highest BCUT2D eigenvalue weighted by molar-refractivity contribution is 5.56. The van der Waals surface area contributed by atoms with E-state index < -0.39 is 0 Å². The second-order valence-electron chi connectivity index (χ2n) is 5.11. The van der Waals surface area contributed by atoms with Crippen molar-refractivity contribution in [3.8, 4) is 6.07 Å². The van der Waals surface area contributed by atoms with E-state index in [0.29, 0.717) is 11.1 Å². The maximum absolute atomic E-state index is 13.7. The molecule has 1 fully saturated rings. The molecule has 4 heteroatoms. The van der Waals surface area contributed by atoms with Crippen molar-refractivity contribution in [3.63, 3.8) is 0 Å². The maximum atomic E-state index is 13.7. The van der Waals surface area contributed by atoms with Gasteiger partial charge in [-0.2, -0.15) is 5.26 Å². The number of anilines is 1. The molecule has 1 aromatic rings. The molecule has 0 spiro atoms. The Bertz CT molecular complexity index is 496. The molecule has 19 heavy (non-hydrogen) atoms. The first-order chi connectivity index (χ1) is 9.13. The molecule has 1 aliphatic carbocycles. The van der Waals surface area contributed by atoms with Crippen molar-refractivity contribution in [2.75, 3.05) is 12.4 Å². The van der Waals surface area contributed by atoms with E-state index in [4.69, 9.17) is 10.00 Å². The fourth-order valence-corrected chi connectivity index (χ4v) is 2.60. The molecule has 2 rings (SSSR count). The predicted octanol–water partition coefficient (Wildman–Crippen LogP) is 3.38. The summed E-state index contributed by atoms with van der Waals surface area (Å²) in [5.74, 6) is -0.333. The Balaban J connectivity index is 2.14. The zero-order valence-corrected chi connectivity index (χ0v) is 11.4. The summed E-state index contributed by atoms with van der Waals surface area (Å²) >= 11 is 0. The third-order valence-electron chi connectivity index (χ3n) is 3.79. The third kappa shape index (κ3) is 3.24. The summed E-state index contributed by atoms with van der Waals surface area (Å²) in [4.78, 5) is 0. The van der Waals surface area contributed by atoms with E-state index in [1.54, 1.807) is 20.1 Å². The van der Waals surface area contributed by atoms with Gasteiger partial charge in [0.05, 0.1) is 17.7 Å². The third-order valence-corrected chi connectivity index (χ3v) is 3.79. The number of nitriles is 1. The minimum absolute atomic E-state index is 0.274. The van der Waals surface area contributed by atoms with Gasteiger partial charge in [-0.15, -0.1) is 0 Å². The molecule has 0 aliphatic heterocycles. The first-order valence-electron chi connectivity index (χ1n) is 6.63. The average molecular weight is 262 g/mol. The molecule has 1 N–H and O–H groups in total. The molecule has 0 bridgehead atoms. The Morgan fingerprint density at radius 2 is 2.21 bits per heavy atom. The smallest absolute Gasteiger partial charge is 0.129 e. The molecular formula is C15H19FN2O. The van der Waals surface area contributed by atoms with Crippen molar-refractivity contribution >= 4 is 5.69 Å². The largest absolute Gasteiger partial charge is 0.382 e. The summed E-state index contributed by atoms with van der Waals surface area (Å²) in [6, 6.07) is 5.27. The fraction of sp³-hybridized carbons (Fsp3) is 0.533. The van der Waals surface area contributed by atoms with Crippen LogP contribution in [0.1, 0.15) is 36.8 Å². The summed E-state index contributed by atoms with van der Waals surface area (Å²) in [5, 5.41) is 12.3. The van der Waals surface area contributed by atoms with Gasteiger partial charge in [-0.3, -0.25) is 0 Å². The highest BCUT2D eigenvalue weighted by Crippen LogP contribution is 2.27. The Labute approximate surface area is 113 Å². The second kappa shape index (κ2) is 6.03. The van der Waals surface area contributed by atoms with Crippen molar-refractivity contribution in [2.24, 2.45) is 0 Å². The highest BCUT2D eigenvalue weighted by atomic mass is 19.1. The predicted molar refractivity (Wildman–Crippen MR) is 72.5 cm³/mol. The van der Waals surface area contributed by atoms with E-state index in [0.717, 1.165) is 31.4 Å². The van der Waals surface area contributed by atoms with E-state index in [-0.39, 0.29) is 18.0 Å². The number of ether oxygens (including phenoxy) is 1. The first-order valence-corrected chi connectivity index (χ1v) is 6.63. The summed E-state index contributed by atoms with van der Waals surface area (Å²) in [7, 11) is 1.73. The van der Waals surface area contributed by atoms with E-state index in [1.807, 2.05) is 6.07 Å². The van der Waals surface area contributed by atoms with Gasteiger partial charge in [-0.05, 0) is 44.7 Å². The minimum Gasteiger partial charge on any atom is -0.382 e. The Morgan fingerprint density at radius 3 is 2.89 bits per heavy atom. The molecule has 0 heterocycles. The monoisotopic (exact) mass is 262 g/mol. The quantitative estimate of drug-likeness (QED) is 0.908. The lowest BCUT2D eigenvalue weighted by molar-refractivity contribution is 0.0669. The zero-order valence-electron chi connectivity index (χ0n) is 11.4. The van der Waals surface area contributed by atoms with Crippen LogP contribution in [-0.2, 0) is 4.74 Å². The van der Waals surface area contributed by atoms with Crippen LogP contribution in [0.25, 0.3) is 0 Å². The van der Waals surface area contributed by atoms with Gasteiger partial charge in [0.1, 0.15) is 5.82 Å². The number of methoxy groups -OCH3 is 1. The van der Waals surface area contributed by atoms with Crippen molar-refractivity contribution < 1.29 is 9.13 Å². The Hall–Kier alpha value is -1.60. The number of nitrogens with zero attached hydrogens (tertiary/aromatic N) is 1. The second-order valence-corrected chi connectivity index (χ2v) is 5.11. The molecule has 1 aromatic carbocycles. The van der Waals surface area contributed by atoms with E-state index in [9.17, 15) is 4.39 Å². The van der Waals surface area contributed by atoms with Gasteiger partial charge in [-0.1, -0.05) is 0 Å². The zero-order chi connectivity index (χ0) is 13.8. The molecule has 0 aromatic heterocycles. The number of rotatable bonds is 3. The number of benzene rings is 1. The van der Waals surface area contributed by atoms with Crippen LogP contribution in [-0.4, -0.2) is 19.3 Å². The molecule has 2 unspecified atom stereocenters. The van der Waals surface area contributed by atoms with Crippen LogP contribution in [0.15, 0.2) is 12.1 Å². The SMILES string of the molecule is COC1CCCC(Nc2cc(C#N)cc(F)c2C)C1. The van der Waals surface area contributed by atoms with Crippen LogP contribution < -0.4 is 5.32 Å². The van der Waals surface area contributed by atoms with Gasteiger partial charge in [-0.25, -0.2) is 4.39 Å². The van der Waals surface area contributed by atoms with E-state index in [1.165, 1.54) is 6.07 Å². The topological polar surface area (TPSA) is 45.0 Å². The summed E-state index contributed by atoms with van der Waals surface area (Å²) in [6.45, 7) is 1.73. The van der Waals surface area contributed by atoms with Crippen molar-refractivity contribution in [1.82, 2.24) is 0 Å². The first kappa shape index (κ1) is 13.8. The highest BCUT2D eigenvalue weighted by Gasteiger charge is 2.22. The molecular weight excluding hydrogens is 243 g/mol. The van der Waals surface area contributed by atoms with Gasteiger partial charge in [0.2, 0.25) is 0 Å². The van der Waals surface area contributed by atoms with Gasteiger partial charge < -0.3 is 10.1 Å². The maximum Gasteiger partial charge on any atom is 0.129 e. The summed E-state index contributed by atoms with van der Waals surface area (Å²) in [6.07, 6.45) is 4.44. The molecule has 0 radical (unpaired) electrons. The average Bonchev–Trinajstić information content (AvgIpc) is 2.43. The van der Waals surface area contributed by atoms with E-state index in [2.05, 4.69) is 5.32 Å². The van der Waals surface area contributed by atoms with Gasteiger partial charge in [0.25, 0.3) is 0 Å². The van der Waals surface area contributed by atoms with Crippen molar-refractivity contribution in [1.29, 1.82) is 5.26 Å². The van der Waals surface area contributed by atoms with Crippen LogP contribution in [0.2, 0.25) is 0 Å². The number of halogens is 1. The van der Waals surface area contributed by atoms with Crippen molar-refractivity contribution in [3.05, 3.63) is 29.1 Å². The molecule has 0 amide bonds. The van der Waals surface area contributed by atoms with Gasteiger partial charge in [0, 0.05) is 24.4 Å². The lowest BCUT2D eigenvalue weighted by atomic mass is 9.92. The Kier molecular flexibility index (Phi) is 4.39. The normalized spacial score (nSPS) is 22.8. The van der Waals surface area contributed by atoms with Crippen molar-refractivity contribution in [2.45, 2.75) is 44.8 Å². The molecule has 102 valence electrons. The number of hydrogen-bond acceptors (Lipinski definition) is 3. The molecule has 0 saturated heterocycles. The number of nitrogens with one attached hydrogen (secondary N) is 1. The van der Waals surface area contributed by atoms with Crippen LogP contribution >= 0.6 is 0 Å². The molecule has 3 nitrogen and oxygen atoms in total. The summed E-state index contributed by atoms with van der Waals surface area (Å²) < 4.78 is 19.1. The lowest BCUT2D eigenvalue weighted by Gasteiger charge is -2.30. The summed E-state index contributed by atoms with van der Waals surface area (Å²) in [5.41, 5.74) is 1.64. The lowest BCUT2D eigenvalue weighted by Crippen LogP contribution is -2.31. The van der Waals surface area contributed by atoms with Crippen LogP contribution in [0, 0.1) is 24.1 Å². The molecule has 1 saturated carbocycles. The standard InChI is InChI=1S/C15H19FN2O/c1-10-14(16)6-11(9-17)7-15(10)18-12-4-3-5-13(8-12)19-2/h6-7,12-13,18H,3-5,8H2,1-2H3. The van der Waals surface area contributed by atoms with E-state index >= 15 is 0 Å². The molecule has 1 aliphatic rings. The van der Waals surface area contributed by atoms with Gasteiger partial charge in [0.15, 0.2) is 0 Å². The van der Waals surface area contributed by atoms with Crippen LogP contribution in [0.5, 0.6) is 0 Å². The Morgan fingerprint density at radius 1 is 1.42 bits per heavy atom. The van der Waals surface area contributed by atoms with Gasteiger partial charge >= 0.3 is 0 Å². The van der Waals surface area contributed by atoms with Crippen LogP contribution in [0.3, 0.4) is 0 Å².